The average Bonchev–Trinajstić information content (AvgIpc) is 2.47. The van der Waals surface area contributed by atoms with Gasteiger partial charge in [-0.05, 0) is 36.8 Å². The summed E-state index contributed by atoms with van der Waals surface area (Å²) >= 11 is 0. The summed E-state index contributed by atoms with van der Waals surface area (Å²) in [5, 5.41) is 2.37. The van der Waals surface area contributed by atoms with E-state index < -0.39 is 13.9 Å². The molecular weight excluding hydrogens is 321 g/mol. The second-order valence-electron chi connectivity index (χ2n) is 4.35. The van der Waals surface area contributed by atoms with Crippen LogP contribution in [-0.2, 0) is 4.57 Å². The zero-order valence-corrected chi connectivity index (χ0v) is 13.6. The van der Waals surface area contributed by atoms with Crippen molar-refractivity contribution in [2.45, 2.75) is 6.92 Å². The Kier molecular flexibility index (Phi) is 7.28. The zero-order chi connectivity index (χ0) is 17.3. The van der Waals surface area contributed by atoms with E-state index in [4.69, 9.17) is 14.5 Å². The maximum atomic E-state index is 10.8. The maximum Gasteiger partial charge on any atom is 0.524 e. The first-order valence-corrected chi connectivity index (χ1v) is 8.09. The molecule has 8 heteroatoms. The first kappa shape index (κ1) is 18.7. The molecule has 0 unspecified atom stereocenters. The highest BCUT2D eigenvalue weighted by Crippen LogP contribution is 2.36. The Bertz CT molecular complexity index is 671. The number of aryl methyl sites for hydroxylation is 1. The zero-order valence-electron chi connectivity index (χ0n) is 12.7. The highest BCUT2D eigenvalue weighted by molar-refractivity contribution is 7.46. The van der Waals surface area contributed by atoms with Crippen LogP contribution in [0.4, 0.5) is 4.79 Å². The average molecular weight is 339 g/mol. The molecule has 0 atom stereocenters. The van der Waals surface area contributed by atoms with Gasteiger partial charge in [-0.1, -0.05) is 30.3 Å². The van der Waals surface area contributed by atoms with E-state index >= 15 is 0 Å². The second kappa shape index (κ2) is 8.95. The van der Waals surface area contributed by atoms with Gasteiger partial charge in [0.2, 0.25) is 0 Å². The summed E-state index contributed by atoms with van der Waals surface area (Å²) < 4.78 is 19.4. The van der Waals surface area contributed by atoms with Crippen LogP contribution in [0, 0.1) is 6.92 Å². The number of ether oxygens (including phenoxy) is 1. The molecule has 7 nitrogen and oxygen atoms in total. The Balaban J connectivity index is 0.000000231. The molecule has 0 bridgehead atoms. The van der Waals surface area contributed by atoms with Gasteiger partial charge in [0.1, 0.15) is 11.5 Å². The van der Waals surface area contributed by atoms with E-state index in [0.717, 1.165) is 5.56 Å². The molecule has 0 spiro atoms. The quantitative estimate of drug-likeness (QED) is 0.743. The van der Waals surface area contributed by atoms with Crippen molar-refractivity contribution in [1.29, 1.82) is 0 Å². The van der Waals surface area contributed by atoms with Gasteiger partial charge in [-0.25, -0.2) is 9.36 Å². The molecule has 2 rings (SSSR count). The van der Waals surface area contributed by atoms with Crippen molar-refractivity contribution in [2.75, 3.05) is 7.05 Å². The Hall–Kier alpha value is -2.34. The molecule has 0 fully saturated rings. The minimum atomic E-state index is -4.39. The molecule has 0 radical (unpaired) electrons. The Morgan fingerprint density at radius 1 is 1.04 bits per heavy atom. The summed E-state index contributed by atoms with van der Waals surface area (Å²) in [6.45, 7) is 1.94. The van der Waals surface area contributed by atoms with E-state index in [0.29, 0.717) is 5.75 Å². The number of phosphoric acid groups is 1. The van der Waals surface area contributed by atoms with Crippen LogP contribution in [0.3, 0.4) is 0 Å². The lowest BCUT2D eigenvalue weighted by Gasteiger charge is -2.04. The van der Waals surface area contributed by atoms with Crippen LogP contribution in [0.2, 0.25) is 0 Å². The van der Waals surface area contributed by atoms with Gasteiger partial charge < -0.3 is 14.6 Å². The van der Waals surface area contributed by atoms with E-state index in [1.165, 1.54) is 19.2 Å². The van der Waals surface area contributed by atoms with Crippen molar-refractivity contribution in [3.63, 3.8) is 0 Å². The van der Waals surface area contributed by atoms with Crippen LogP contribution in [0.5, 0.6) is 11.5 Å². The highest BCUT2D eigenvalue weighted by Gasteiger charge is 2.14. The molecule has 0 aromatic heterocycles. The number of carbonyl (C=O) groups is 1. The van der Waals surface area contributed by atoms with Crippen LogP contribution < -0.4 is 14.6 Å². The maximum absolute atomic E-state index is 10.8. The number of hydrogen-bond acceptors (Lipinski definition) is 4. The minimum Gasteiger partial charge on any atom is -0.410 e. The number of nitrogens with one attached hydrogen (secondary N) is 1. The minimum absolute atomic E-state index is 0.167. The van der Waals surface area contributed by atoms with Crippen molar-refractivity contribution in [3.8, 4) is 11.5 Å². The van der Waals surface area contributed by atoms with Gasteiger partial charge in [0.25, 0.3) is 0 Å². The fourth-order valence-electron chi connectivity index (χ4n) is 1.46. The highest BCUT2D eigenvalue weighted by atomic mass is 31.2. The SMILES string of the molecule is CNC(=O)Oc1cccc(C)c1.O=P(O)(O)Oc1ccccc1. The topological polar surface area (TPSA) is 105 Å². The third-order valence-corrected chi connectivity index (χ3v) is 2.82. The number of phosphoric ester groups is 1. The van der Waals surface area contributed by atoms with E-state index in [1.807, 2.05) is 19.1 Å². The predicted molar refractivity (Wildman–Crippen MR) is 85.4 cm³/mol. The number of para-hydroxylation sites is 1. The Labute approximate surface area is 134 Å². The summed E-state index contributed by atoms with van der Waals surface area (Å²) in [6.07, 6.45) is -0.444. The van der Waals surface area contributed by atoms with Gasteiger partial charge in [-0.3, -0.25) is 9.79 Å². The molecular formula is C15H18NO6P. The van der Waals surface area contributed by atoms with E-state index in [1.54, 1.807) is 30.3 Å². The van der Waals surface area contributed by atoms with Crippen molar-refractivity contribution in [1.82, 2.24) is 5.32 Å². The van der Waals surface area contributed by atoms with Crippen LogP contribution in [0.25, 0.3) is 0 Å². The largest absolute Gasteiger partial charge is 0.524 e. The fourth-order valence-corrected chi connectivity index (χ4v) is 1.85. The number of rotatable bonds is 3. The number of hydrogen-bond donors (Lipinski definition) is 3. The number of amides is 1. The van der Waals surface area contributed by atoms with Gasteiger partial charge in [-0.15, -0.1) is 0 Å². The van der Waals surface area contributed by atoms with Gasteiger partial charge in [0, 0.05) is 7.05 Å². The lowest BCUT2D eigenvalue weighted by Crippen LogP contribution is -2.21. The van der Waals surface area contributed by atoms with E-state index in [2.05, 4.69) is 9.84 Å². The number of benzene rings is 2. The van der Waals surface area contributed by atoms with Crippen molar-refractivity contribution < 1.29 is 28.4 Å². The van der Waals surface area contributed by atoms with Crippen molar-refractivity contribution in [2.24, 2.45) is 0 Å². The van der Waals surface area contributed by atoms with Crippen molar-refractivity contribution in [3.05, 3.63) is 60.2 Å². The lowest BCUT2D eigenvalue weighted by molar-refractivity contribution is 0.203. The molecule has 124 valence electrons. The van der Waals surface area contributed by atoms with Gasteiger partial charge in [0.15, 0.2) is 0 Å². The van der Waals surface area contributed by atoms with Crippen LogP contribution in [-0.4, -0.2) is 22.9 Å². The van der Waals surface area contributed by atoms with Crippen LogP contribution in [0.1, 0.15) is 5.56 Å². The summed E-state index contributed by atoms with van der Waals surface area (Å²) in [6, 6.07) is 15.3. The molecule has 1 amide bonds. The fraction of sp³-hybridized carbons (Fsp3) is 0.133. The Morgan fingerprint density at radius 2 is 1.65 bits per heavy atom. The molecule has 2 aromatic rings. The smallest absolute Gasteiger partial charge is 0.410 e. The van der Waals surface area contributed by atoms with Gasteiger partial charge >= 0.3 is 13.9 Å². The second-order valence-corrected chi connectivity index (χ2v) is 5.51. The van der Waals surface area contributed by atoms with Crippen molar-refractivity contribution >= 4 is 13.9 Å². The molecule has 23 heavy (non-hydrogen) atoms. The first-order valence-electron chi connectivity index (χ1n) is 6.56. The van der Waals surface area contributed by atoms with Crippen LogP contribution >= 0.6 is 7.82 Å². The summed E-state index contributed by atoms with van der Waals surface area (Å²) in [7, 11) is -2.86. The molecule has 0 aliphatic carbocycles. The normalized spacial score (nSPS) is 10.1. The molecule has 0 aliphatic rings. The molecule has 0 saturated carbocycles. The summed E-state index contributed by atoms with van der Waals surface area (Å²) in [4.78, 5) is 27.5. The number of carbonyl (C=O) groups excluding carboxylic acids is 1. The van der Waals surface area contributed by atoms with Gasteiger partial charge in [0.05, 0.1) is 0 Å². The molecule has 2 aromatic carbocycles. The monoisotopic (exact) mass is 339 g/mol. The third kappa shape index (κ3) is 8.63. The Morgan fingerprint density at radius 3 is 2.17 bits per heavy atom. The summed E-state index contributed by atoms with van der Waals surface area (Å²) in [5.74, 6) is 0.732. The molecule has 0 saturated heterocycles. The molecule has 0 heterocycles. The first-order chi connectivity index (χ1) is 10.8. The summed E-state index contributed by atoms with van der Waals surface area (Å²) in [5.41, 5.74) is 1.07. The van der Waals surface area contributed by atoms with E-state index in [9.17, 15) is 9.36 Å². The third-order valence-electron chi connectivity index (χ3n) is 2.37. The van der Waals surface area contributed by atoms with Crippen LogP contribution in [0.15, 0.2) is 54.6 Å². The molecule has 3 N–H and O–H groups in total. The van der Waals surface area contributed by atoms with Gasteiger partial charge in [-0.2, -0.15) is 0 Å². The standard InChI is InChI=1S/C9H11NO2.C6H7O4P/c1-7-4-3-5-8(6-7)12-9(11)10-2;7-11(8,9)10-6-4-2-1-3-5-6/h3-6H,1-2H3,(H,10,11);1-5H,(H2,7,8,9). The predicted octanol–water partition coefficient (Wildman–Crippen LogP) is 2.87. The lowest BCUT2D eigenvalue weighted by atomic mass is 10.2. The molecule has 0 aliphatic heterocycles. The van der Waals surface area contributed by atoms with E-state index in [-0.39, 0.29) is 5.75 Å².